The monoisotopic (exact) mass is 410 g/mol. The van der Waals surface area contributed by atoms with Crippen molar-refractivity contribution < 1.29 is 18.9 Å². The van der Waals surface area contributed by atoms with Gasteiger partial charge in [-0.2, -0.15) is 0 Å². The van der Waals surface area contributed by atoms with Crippen LogP contribution in [0, 0.1) is 25.7 Å². The molecule has 8 nitrogen and oxygen atoms in total. The zero-order valence-corrected chi connectivity index (χ0v) is 17.3. The highest BCUT2D eigenvalue weighted by molar-refractivity contribution is 6.00. The Balaban J connectivity index is 1.30. The minimum Gasteiger partial charge on any atom is -0.360 e. The fraction of sp³-hybridized carbons (Fsp3) is 0.455. The standard InChI is InChI=1S/C22H26N4O4/c1-14-3-5-18(6-4-14)26-13-17(12-20(26)27)22(29)25-9-7-16(8-10-25)21(28)23-19-11-15(2)30-24-19/h3-6,11,16-17H,7-10,12-13H2,1-2H3,(H,23,24,28)/t17-/m1/s1. The summed E-state index contributed by atoms with van der Waals surface area (Å²) >= 11 is 0. The average molecular weight is 410 g/mol. The van der Waals surface area contributed by atoms with E-state index in [1.165, 1.54) is 0 Å². The van der Waals surface area contributed by atoms with Crippen LogP contribution < -0.4 is 10.2 Å². The van der Waals surface area contributed by atoms with Crippen LogP contribution in [0.5, 0.6) is 0 Å². The summed E-state index contributed by atoms with van der Waals surface area (Å²) in [5.41, 5.74) is 1.96. The van der Waals surface area contributed by atoms with E-state index in [1.54, 1.807) is 22.8 Å². The number of benzene rings is 1. The van der Waals surface area contributed by atoms with Crippen molar-refractivity contribution >= 4 is 29.2 Å². The van der Waals surface area contributed by atoms with Crippen LogP contribution in [0.1, 0.15) is 30.6 Å². The Morgan fingerprint density at radius 1 is 1.10 bits per heavy atom. The molecule has 4 rings (SSSR count). The predicted octanol–water partition coefficient (Wildman–Crippen LogP) is 2.52. The number of likely N-dealkylation sites (tertiary alicyclic amines) is 1. The second-order valence-electron chi connectivity index (χ2n) is 8.15. The summed E-state index contributed by atoms with van der Waals surface area (Å²) in [6.45, 7) is 5.21. The molecule has 0 saturated carbocycles. The van der Waals surface area contributed by atoms with Crippen molar-refractivity contribution in [2.45, 2.75) is 33.1 Å². The normalized spacial score (nSPS) is 19.9. The number of nitrogens with one attached hydrogen (secondary N) is 1. The van der Waals surface area contributed by atoms with Crippen molar-refractivity contribution in [1.29, 1.82) is 0 Å². The number of aromatic nitrogens is 1. The van der Waals surface area contributed by atoms with Crippen LogP contribution in [0.4, 0.5) is 11.5 Å². The lowest BCUT2D eigenvalue weighted by atomic mass is 9.94. The van der Waals surface area contributed by atoms with Gasteiger partial charge in [0.25, 0.3) is 0 Å². The molecule has 1 aromatic heterocycles. The second-order valence-corrected chi connectivity index (χ2v) is 8.15. The summed E-state index contributed by atoms with van der Waals surface area (Å²) in [4.78, 5) is 41.4. The van der Waals surface area contributed by atoms with Crippen LogP contribution in [-0.4, -0.2) is 47.4 Å². The van der Waals surface area contributed by atoms with E-state index in [9.17, 15) is 14.4 Å². The number of anilines is 2. The minimum atomic E-state index is -0.331. The molecular weight excluding hydrogens is 384 g/mol. The summed E-state index contributed by atoms with van der Waals surface area (Å²) < 4.78 is 4.96. The molecule has 0 bridgehead atoms. The lowest BCUT2D eigenvalue weighted by Gasteiger charge is -2.32. The van der Waals surface area contributed by atoms with E-state index < -0.39 is 0 Å². The van der Waals surface area contributed by atoms with Gasteiger partial charge in [0.2, 0.25) is 17.7 Å². The topological polar surface area (TPSA) is 95.8 Å². The molecule has 1 N–H and O–H groups in total. The Bertz CT molecular complexity index is 944. The van der Waals surface area contributed by atoms with Crippen LogP contribution in [0.2, 0.25) is 0 Å². The number of hydrogen-bond acceptors (Lipinski definition) is 5. The van der Waals surface area contributed by atoms with Gasteiger partial charge in [0.15, 0.2) is 5.82 Å². The van der Waals surface area contributed by atoms with Crippen LogP contribution in [-0.2, 0) is 14.4 Å². The molecule has 0 unspecified atom stereocenters. The van der Waals surface area contributed by atoms with Crippen LogP contribution in [0.15, 0.2) is 34.9 Å². The third-order valence-electron chi connectivity index (χ3n) is 5.88. The highest BCUT2D eigenvalue weighted by Gasteiger charge is 2.38. The van der Waals surface area contributed by atoms with Gasteiger partial charge in [-0.25, -0.2) is 0 Å². The first-order chi connectivity index (χ1) is 14.4. The van der Waals surface area contributed by atoms with Gasteiger partial charge >= 0.3 is 0 Å². The lowest BCUT2D eigenvalue weighted by molar-refractivity contribution is -0.138. The molecule has 2 aliphatic heterocycles. The molecule has 2 aromatic rings. The van der Waals surface area contributed by atoms with Gasteiger partial charge < -0.3 is 19.6 Å². The summed E-state index contributed by atoms with van der Waals surface area (Å²) in [6.07, 6.45) is 1.42. The molecule has 0 aliphatic carbocycles. The molecule has 8 heteroatoms. The van der Waals surface area contributed by atoms with Gasteiger partial charge in [-0.1, -0.05) is 22.9 Å². The largest absolute Gasteiger partial charge is 0.360 e. The molecule has 3 heterocycles. The van der Waals surface area contributed by atoms with Crippen LogP contribution in [0.3, 0.4) is 0 Å². The highest BCUT2D eigenvalue weighted by atomic mass is 16.5. The Hall–Kier alpha value is -3.16. The summed E-state index contributed by atoms with van der Waals surface area (Å²) in [5, 5.41) is 6.55. The Kier molecular flexibility index (Phi) is 5.57. The molecule has 2 aliphatic rings. The zero-order chi connectivity index (χ0) is 21.3. The second kappa shape index (κ2) is 8.30. The summed E-state index contributed by atoms with van der Waals surface area (Å²) in [6, 6.07) is 9.44. The fourth-order valence-electron chi connectivity index (χ4n) is 4.12. The molecule has 2 saturated heterocycles. The molecule has 1 aromatic carbocycles. The van der Waals surface area contributed by atoms with E-state index >= 15 is 0 Å². The third kappa shape index (κ3) is 4.22. The predicted molar refractivity (Wildman–Crippen MR) is 111 cm³/mol. The number of carbonyl (C=O) groups is 3. The molecule has 30 heavy (non-hydrogen) atoms. The molecule has 158 valence electrons. The number of hydrogen-bond donors (Lipinski definition) is 1. The third-order valence-corrected chi connectivity index (χ3v) is 5.88. The first kappa shape index (κ1) is 20.1. The SMILES string of the molecule is Cc1ccc(N2C[C@H](C(=O)N3CCC(C(=O)Nc4cc(C)on4)CC3)CC2=O)cc1. The Morgan fingerprint density at radius 3 is 2.43 bits per heavy atom. The van der Waals surface area contributed by atoms with Gasteiger partial charge in [-0.3, -0.25) is 14.4 Å². The Labute approximate surface area is 175 Å². The van der Waals surface area contributed by atoms with Gasteiger partial charge in [0, 0.05) is 43.7 Å². The van der Waals surface area contributed by atoms with E-state index in [4.69, 9.17) is 4.52 Å². The molecule has 3 amide bonds. The highest BCUT2D eigenvalue weighted by Crippen LogP contribution is 2.28. The summed E-state index contributed by atoms with van der Waals surface area (Å²) in [7, 11) is 0. The van der Waals surface area contributed by atoms with Crippen molar-refractivity contribution in [3.63, 3.8) is 0 Å². The van der Waals surface area contributed by atoms with Crippen molar-refractivity contribution in [1.82, 2.24) is 10.1 Å². The smallest absolute Gasteiger partial charge is 0.228 e. The van der Waals surface area contributed by atoms with Crippen molar-refractivity contribution in [2.24, 2.45) is 11.8 Å². The van der Waals surface area contributed by atoms with Gasteiger partial charge in [0.1, 0.15) is 5.76 Å². The van der Waals surface area contributed by atoms with Crippen LogP contribution in [0.25, 0.3) is 0 Å². The quantitative estimate of drug-likeness (QED) is 0.836. The number of carbonyl (C=O) groups excluding carboxylic acids is 3. The maximum absolute atomic E-state index is 13.0. The minimum absolute atomic E-state index is 0.00365. The number of piperidine rings is 1. The number of aryl methyl sites for hydroxylation is 2. The van der Waals surface area contributed by atoms with E-state index in [-0.39, 0.29) is 36.0 Å². The average Bonchev–Trinajstić information content (AvgIpc) is 3.33. The number of rotatable bonds is 4. The van der Waals surface area contributed by atoms with Gasteiger partial charge in [-0.05, 0) is 38.8 Å². The molecule has 2 fully saturated rings. The van der Waals surface area contributed by atoms with Gasteiger partial charge in [0.05, 0.1) is 5.92 Å². The van der Waals surface area contributed by atoms with E-state index in [0.717, 1.165) is 11.3 Å². The molecule has 1 atom stereocenters. The van der Waals surface area contributed by atoms with Crippen molar-refractivity contribution in [3.05, 3.63) is 41.7 Å². The lowest BCUT2D eigenvalue weighted by Crippen LogP contribution is -2.44. The molecule has 0 radical (unpaired) electrons. The maximum atomic E-state index is 13.0. The molecule has 0 spiro atoms. The number of amides is 3. The molecular formula is C22H26N4O4. The van der Waals surface area contributed by atoms with Gasteiger partial charge in [-0.15, -0.1) is 0 Å². The zero-order valence-electron chi connectivity index (χ0n) is 17.3. The number of nitrogens with zero attached hydrogens (tertiary/aromatic N) is 3. The van der Waals surface area contributed by atoms with E-state index in [2.05, 4.69) is 10.5 Å². The first-order valence-electron chi connectivity index (χ1n) is 10.3. The summed E-state index contributed by atoms with van der Waals surface area (Å²) in [5.74, 6) is 0.436. The van der Waals surface area contributed by atoms with Crippen molar-refractivity contribution in [3.8, 4) is 0 Å². The van der Waals surface area contributed by atoms with Crippen molar-refractivity contribution in [2.75, 3.05) is 29.9 Å². The fourth-order valence-corrected chi connectivity index (χ4v) is 4.12. The maximum Gasteiger partial charge on any atom is 0.228 e. The van der Waals surface area contributed by atoms with Crippen LogP contribution >= 0.6 is 0 Å². The van der Waals surface area contributed by atoms with E-state index in [0.29, 0.717) is 44.1 Å². The van der Waals surface area contributed by atoms with E-state index in [1.807, 2.05) is 31.2 Å². The Morgan fingerprint density at radius 2 is 1.80 bits per heavy atom. The first-order valence-corrected chi connectivity index (χ1v) is 10.3.